The van der Waals surface area contributed by atoms with E-state index in [4.69, 9.17) is 9.84 Å². The molecule has 1 heterocycles. The Morgan fingerprint density at radius 1 is 1.24 bits per heavy atom. The molecule has 4 nitrogen and oxygen atoms in total. The van der Waals surface area contributed by atoms with E-state index in [1.54, 1.807) is 13.2 Å². The number of pyridine rings is 1. The molecule has 17 heavy (non-hydrogen) atoms. The third-order valence-corrected chi connectivity index (χ3v) is 2.39. The van der Waals surface area contributed by atoms with Crippen molar-refractivity contribution in [1.82, 2.24) is 4.98 Å². The number of hydrogen-bond donors (Lipinski definition) is 1. The number of aromatic nitrogens is 1. The van der Waals surface area contributed by atoms with Crippen LogP contribution in [-0.2, 0) is 0 Å². The van der Waals surface area contributed by atoms with Crippen LogP contribution in [0, 0.1) is 0 Å². The number of ether oxygens (including phenoxy) is 1. The molecule has 1 aromatic carbocycles. The van der Waals surface area contributed by atoms with Crippen LogP contribution in [0.15, 0.2) is 42.6 Å². The molecule has 4 heteroatoms. The molecule has 0 radical (unpaired) electrons. The van der Waals surface area contributed by atoms with Gasteiger partial charge < -0.3 is 9.84 Å². The van der Waals surface area contributed by atoms with Crippen LogP contribution < -0.4 is 4.74 Å². The summed E-state index contributed by atoms with van der Waals surface area (Å²) in [6, 6.07) is 10.7. The molecule has 0 bridgehead atoms. The maximum Gasteiger partial charge on any atom is 0.337 e. The van der Waals surface area contributed by atoms with Gasteiger partial charge in [0.15, 0.2) is 0 Å². The maximum absolute atomic E-state index is 10.7. The number of carboxylic acid groups (broad SMARTS) is 1. The van der Waals surface area contributed by atoms with Crippen molar-refractivity contribution in [2.75, 3.05) is 7.11 Å². The molecule has 2 rings (SSSR count). The van der Waals surface area contributed by atoms with Crippen LogP contribution in [0.5, 0.6) is 5.75 Å². The Balaban J connectivity index is 2.43. The Bertz CT molecular complexity index is 535. The lowest BCUT2D eigenvalue weighted by Crippen LogP contribution is -1.97. The summed E-state index contributed by atoms with van der Waals surface area (Å²) < 4.78 is 5.22. The summed E-state index contributed by atoms with van der Waals surface area (Å²) in [7, 11) is 1.59. The van der Waals surface area contributed by atoms with E-state index >= 15 is 0 Å². The molecule has 0 aliphatic rings. The van der Waals surface area contributed by atoms with Crippen molar-refractivity contribution in [2.45, 2.75) is 0 Å². The summed E-state index contributed by atoms with van der Waals surface area (Å²) in [6.45, 7) is 0. The molecule has 1 aromatic heterocycles. The Morgan fingerprint density at radius 3 is 2.59 bits per heavy atom. The van der Waals surface area contributed by atoms with Gasteiger partial charge in [0.05, 0.1) is 18.4 Å². The number of carbonyl (C=O) groups is 1. The second kappa shape index (κ2) is 4.65. The zero-order valence-corrected chi connectivity index (χ0v) is 9.25. The first-order valence-electron chi connectivity index (χ1n) is 5.05. The lowest BCUT2D eigenvalue weighted by atomic mass is 10.1. The van der Waals surface area contributed by atoms with Gasteiger partial charge in [0.1, 0.15) is 5.75 Å². The minimum atomic E-state index is -0.982. The summed E-state index contributed by atoms with van der Waals surface area (Å²) >= 11 is 0. The average molecular weight is 229 g/mol. The summed E-state index contributed by atoms with van der Waals surface area (Å²) in [5, 5.41) is 8.78. The summed E-state index contributed by atoms with van der Waals surface area (Å²) in [4.78, 5) is 14.8. The predicted octanol–water partition coefficient (Wildman–Crippen LogP) is 2.46. The zero-order valence-electron chi connectivity index (χ0n) is 9.25. The summed E-state index contributed by atoms with van der Waals surface area (Å²) in [6.07, 6.45) is 1.34. The average Bonchev–Trinajstić information content (AvgIpc) is 2.39. The normalized spacial score (nSPS) is 9.94. The molecule has 0 amide bonds. The number of nitrogens with zero attached hydrogens (tertiary/aromatic N) is 1. The van der Waals surface area contributed by atoms with Crippen LogP contribution in [-0.4, -0.2) is 23.2 Å². The van der Waals surface area contributed by atoms with Crippen LogP contribution in [0.3, 0.4) is 0 Å². The Labute approximate surface area is 98.5 Å². The second-order valence-electron chi connectivity index (χ2n) is 3.44. The minimum absolute atomic E-state index is 0.170. The highest BCUT2D eigenvalue weighted by molar-refractivity contribution is 5.87. The maximum atomic E-state index is 10.7. The van der Waals surface area contributed by atoms with Gasteiger partial charge in [-0.15, -0.1) is 0 Å². The summed E-state index contributed by atoms with van der Waals surface area (Å²) in [5.74, 6) is -0.271. The van der Waals surface area contributed by atoms with Gasteiger partial charge >= 0.3 is 5.97 Å². The van der Waals surface area contributed by atoms with Gasteiger partial charge in [-0.05, 0) is 24.3 Å². The Morgan fingerprint density at radius 2 is 2.00 bits per heavy atom. The second-order valence-corrected chi connectivity index (χ2v) is 3.44. The molecule has 0 spiro atoms. The number of hydrogen-bond acceptors (Lipinski definition) is 3. The molecule has 0 unspecified atom stereocenters. The molecular weight excluding hydrogens is 218 g/mol. The summed E-state index contributed by atoms with van der Waals surface area (Å²) in [5.41, 5.74) is 1.70. The Hall–Kier alpha value is -2.36. The molecule has 0 fully saturated rings. The van der Waals surface area contributed by atoms with Crippen molar-refractivity contribution in [3.8, 4) is 17.0 Å². The monoisotopic (exact) mass is 229 g/mol. The fraction of sp³-hybridized carbons (Fsp3) is 0.0769. The van der Waals surface area contributed by atoms with Gasteiger partial charge in [-0.3, -0.25) is 4.98 Å². The number of carboxylic acids is 1. The number of benzene rings is 1. The number of methoxy groups -OCH3 is 1. The fourth-order valence-corrected chi connectivity index (χ4v) is 1.54. The molecule has 2 aromatic rings. The molecule has 0 saturated carbocycles. The van der Waals surface area contributed by atoms with Gasteiger partial charge in [-0.2, -0.15) is 0 Å². The van der Waals surface area contributed by atoms with Crippen molar-refractivity contribution in [3.63, 3.8) is 0 Å². The van der Waals surface area contributed by atoms with Crippen molar-refractivity contribution in [3.05, 3.63) is 48.2 Å². The van der Waals surface area contributed by atoms with Gasteiger partial charge in [-0.1, -0.05) is 12.1 Å². The van der Waals surface area contributed by atoms with E-state index in [0.29, 0.717) is 11.4 Å². The number of para-hydroxylation sites is 1. The topological polar surface area (TPSA) is 59.4 Å². The highest BCUT2D eigenvalue weighted by Gasteiger charge is 2.07. The molecule has 0 saturated heterocycles. The SMILES string of the molecule is COc1ccccc1-c1ccc(C(=O)O)cn1. The first-order chi connectivity index (χ1) is 8.22. The van der Waals surface area contributed by atoms with Gasteiger partial charge in [0, 0.05) is 11.8 Å². The van der Waals surface area contributed by atoms with E-state index in [2.05, 4.69) is 4.98 Å². The van der Waals surface area contributed by atoms with Crippen molar-refractivity contribution < 1.29 is 14.6 Å². The van der Waals surface area contributed by atoms with Crippen molar-refractivity contribution >= 4 is 5.97 Å². The van der Waals surface area contributed by atoms with E-state index in [1.807, 2.05) is 24.3 Å². The van der Waals surface area contributed by atoms with E-state index < -0.39 is 5.97 Å². The molecule has 0 aliphatic heterocycles. The smallest absolute Gasteiger partial charge is 0.337 e. The van der Waals surface area contributed by atoms with Crippen molar-refractivity contribution in [2.24, 2.45) is 0 Å². The lowest BCUT2D eigenvalue weighted by Gasteiger charge is -2.07. The molecular formula is C13H11NO3. The van der Waals surface area contributed by atoms with Gasteiger partial charge in [0.25, 0.3) is 0 Å². The van der Waals surface area contributed by atoms with Crippen LogP contribution >= 0.6 is 0 Å². The fourth-order valence-electron chi connectivity index (χ4n) is 1.54. The van der Waals surface area contributed by atoms with E-state index in [1.165, 1.54) is 12.3 Å². The first kappa shape index (κ1) is 11.1. The van der Waals surface area contributed by atoms with Crippen molar-refractivity contribution in [1.29, 1.82) is 0 Å². The van der Waals surface area contributed by atoms with E-state index in [0.717, 1.165) is 5.56 Å². The minimum Gasteiger partial charge on any atom is -0.496 e. The number of aromatic carboxylic acids is 1. The lowest BCUT2D eigenvalue weighted by molar-refractivity contribution is 0.0696. The largest absolute Gasteiger partial charge is 0.496 e. The number of rotatable bonds is 3. The van der Waals surface area contributed by atoms with E-state index in [-0.39, 0.29) is 5.56 Å². The third kappa shape index (κ3) is 2.25. The van der Waals surface area contributed by atoms with Crippen LogP contribution in [0.1, 0.15) is 10.4 Å². The van der Waals surface area contributed by atoms with Crippen LogP contribution in [0.2, 0.25) is 0 Å². The first-order valence-corrected chi connectivity index (χ1v) is 5.05. The van der Waals surface area contributed by atoms with Gasteiger partial charge in [-0.25, -0.2) is 4.79 Å². The van der Waals surface area contributed by atoms with Gasteiger partial charge in [0.2, 0.25) is 0 Å². The molecule has 1 N–H and O–H groups in total. The predicted molar refractivity (Wildman–Crippen MR) is 63.2 cm³/mol. The van der Waals surface area contributed by atoms with E-state index in [9.17, 15) is 4.79 Å². The molecule has 86 valence electrons. The zero-order chi connectivity index (χ0) is 12.3. The highest BCUT2D eigenvalue weighted by atomic mass is 16.5. The quantitative estimate of drug-likeness (QED) is 0.878. The third-order valence-electron chi connectivity index (χ3n) is 2.39. The van der Waals surface area contributed by atoms with Crippen LogP contribution in [0.4, 0.5) is 0 Å². The standard InChI is InChI=1S/C13H11NO3/c1-17-12-5-3-2-4-10(12)11-7-6-9(8-14-11)13(15)16/h2-8H,1H3,(H,15,16). The molecule has 0 atom stereocenters. The van der Waals surface area contributed by atoms with Crippen LogP contribution in [0.25, 0.3) is 11.3 Å². The Kier molecular flexibility index (Phi) is 3.05. The molecule has 0 aliphatic carbocycles. The highest BCUT2D eigenvalue weighted by Crippen LogP contribution is 2.27.